The predicted octanol–water partition coefficient (Wildman–Crippen LogP) is 2.65. The Hall–Kier alpha value is -1.10. The van der Waals surface area contributed by atoms with Gasteiger partial charge in [0.1, 0.15) is 6.54 Å². The topological polar surface area (TPSA) is 46.9 Å². The molecule has 0 bridgehead atoms. The number of nitrogens with one attached hydrogen (secondary N) is 1. The van der Waals surface area contributed by atoms with Crippen LogP contribution in [0.1, 0.15) is 32.1 Å². The lowest BCUT2D eigenvalue weighted by Crippen LogP contribution is -2.28. The number of halogens is 1. The van der Waals surface area contributed by atoms with Crippen molar-refractivity contribution in [2.45, 2.75) is 38.6 Å². The summed E-state index contributed by atoms with van der Waals surface area (Å²) < 4.78 is 2.52. The lowest BCUT2D eigenvalue weighted by molar-refractivity contribution is -0.121. The van der Waals surface area contributed by atoms with Gasteiger partial charge in [-0.25, -0.2) is 0 Å². The quantitative estimate of drug-likeness (QED) is 0.850. The summed E-state index contributed by atoms with van der Waals surface area (Å²) in [5.41, 5.74) is 1.49. The fraction of sp³-hybridized carbons (Fsp3) is 0.538. The van der Waals surface area contributed by atoms with Crippen LogP contribution in [0.3, 0.4) is 0 Å². The third-order valence-electron chi connectivity index (χ3n) is 3.06. The van der Waals surface area contributed by atoms with Gasteiger partial charge in [-0.2, -0.15) is 5.10 Å². The third-order valence-corrected chi connectivity index (χ3v) is 3.47. The average Bonchev–Trinajstić information content (AvgIpc) is 2.76. The first-order valence-electron chi connectivity index (χ1n) is 6.36. The van der Waals surface area contributed by atoms with E-state index >= 15 is 0 Å². The van der Waals surface area contributed by atoms with Gasteiger partial charge in [0.25, 0.3) is 0 Å². The maximum Gasteiger partial charge on any atom is 0.241 e. The van der Waals surface area contributed by atoms with Crippen molar-refractivity contribution in [2.24, 2.45) is 0 Å². The van der Waals surface area contributed by atoms with Crippen LogP contribution < -0.4 is 5.32 Å². The van der Waals surface area contributed by atoms with E-state index in [0.717, 1.165) is 17.4 Å². The minimum Gasteiger partial charge on any atom is -0.354 e. The number of rotatable bonds is 5. The Bertz CT molecular complexity index is 439. The maximum absolute atomic E-state index is 11.7. The van der Waals surface area contributed by atoms with Gasteiger partial charge in [0.15, 0.2) is 0 Å². The number of hydrogen-bond donors (Lipinski definition) is 1. The van der Waals surface area contributed by atoms with Crippen molar-refractivity contribution in [1.82, 2.24) is 15.1 Å². The number of amides is 1. The molecule has 0 saturated heterocycles. The molecule has 5 heteroatoms. The summed E-state index contributed by atoms with van der Waals surface area (Å²) in [5.74, 6) is 0.0157. The van der Waals surface area contributed by atoms with Crippen molar-refractivity contribution < 1.29 is 4.79 Å². The molecule has 0 atom stereocenters. The van der Waals surface area contributed by atoms with E-state index < -0.39 is 0 Å². The number of carbonyl (C=O) groups excluding carboxylic acids is 1. The molecule has 1 N–H and O–H groups in total. The van der Waals surface area contributed by atoms with E-state index in [-0.39, 0.29) is 12.5 Å². The molecule has 1 aromatic heterocycles. The van der Waals surface area contributed by atoms with Crippen LogP contribution in [0.4, 0.5) is 0 Å². The van der Waals surface area contributed by atoms with Crippen LogP contribution in [0.15, 0.2) is 28.5 Å². The molecule has 0 unspecified atom stereocenters. The van der Waals surface area contributed by atoms with Gasteiger partial charge in [-0.05, 0) is 48.0 Å². The van der Waals surface area contributed by atoms with Gasteiger partial charge in [-0.1, -0.05) is 11.6 Å². The minimum atomic E-state index is 0.0157. The Balaban J connectivity index is 1.67. The molecule has 1 aliphatic rings. The summed E-state index contributed by atoms with van der Waals surface area (Å²) in [5, 5.41) is 6.98. The summed E-state index contributed by atoms with van der Waals surface area (Å²) in [6.07, 6.45) is 11.8. The summed E-state index contributed by atoms with van der Waals surface area (Å²) in [6, 6.07) is 0. The van der Waals surface area contributed by atoms with Crippen LogP contribution in [-0.2, 0) is 11.3 Å². The predicted molar refractivity (Wildman–Crippen MR) is 74.1 cm³/mol. The molecule has 0 radical (unpaired) electrons. The van der Waals surface area contributed by atoms with Crippen LogP contribution in [0.5, 0.6) is 0 Å². The second-order valence-corrected chi connectivity index (χ2v) is 5.48. The fourth-order valence-electron chi connectivity index (χ4n) is 2.12. The van der Waals surface area contributed by atoms with E-state index in [1.165, 1.54) is 31.3 Å². The molecular weight excluding hydrogens is 294 g/mol. The van der Waals surface area contributed by atoms with Gasteiger partial charge in [0, 0.05) is 12.7 Å². The van der Waals surface area contributed by atoms with Crippen molar-refractivity contribution in [2.75, 3.05) is 6.54 Å². The van der Waals surface area contributed by atoms with Crippen molar-refractivity contribution in [3.05, 3.63) is 28.5 Å². The molecule has 0 fully saturated rings. The number of carbonyl (C=O) groups is 1. The first-order valence-corrected chi connectivity index (χ1v) is 7.16. The summed E-state index contributed by atoms with van der Waals surface area (Å²) in [7, 11) is 0. The van der Waals surface area contributed by atoms with Gasteiger partial charge in [-0.3, -0.25) is 9.48 Å². The maximum atomic E-state index is 11.7. The Morgan fingerprint density at radius 2 is 2.39 bits per heavy atom. The molecule has 98 valence electrons. The van der Waals surface area contributed by atoms with E-state index in [9.17, 15) is 4.79 Å². The highest BCUT2D eigenvalue weighted by atomic mass is 79.9. The lowest BCUT2D eigenvalue weighted by atomic mass is 9.97. The van der Waals surface area contributed by atoms with E-state index in [1.807, 2.05) is 0 Å². The molecule has 0 spiro atoms. The zero-order chi connectivity index (χ0) is 12.8. The highest BCUT2D eigenvalue weighted by Gasteiger charge is 2.06. The van der Waals surface area contributed by atoms with Crippen molar-refractivity contribution in [1.29, 1.82) is 0 Å². The van der Waals surface area contributed by atoms with E-state index in [1.54, 1.807) is 17.1 Å². The molecule has 1 aromatic rings. The van der Waals surface area contributed by atoms with Crippen LogP contribution >= 0.6 is 15.9 Å². The van der Waals surface area contributed by atoms with E-state index in [0.29, 0.717) is 0 Å². The smallest absolute Gasteiger partial charge is 0.241 e. The number of nitrogens with zero attached hydrogens (tertiary/aromatic N) is 2. The lowest BCUT2D eigenvalue weighted by Gasteiger charge is -2.12. The number of hydrogen-bond acceptors (Lipinski definition) is 2. The Morgan fingerprint density at radius 1 is 1.50 bits per heavy atom. The SMILES string of the molecule is O=C(Cn1cc(Br)cn1)NCCC1=CCCCC1. The van der Waals surface area contributed by atoms with Crippen LogP contribution in [0.25, 0.3) is 0 Å². The minimum absolute atomic E-state index is 0.0157. The first kappa shape index (κ1) is 13.3. The second-order valence-electron chi connectivity index (χ2n) is 4.56. The highest BCUT2D eigenvalue weighted by Crippen LogP contribution is 2.19. The summed E-state index contributed by atoms with van der Waals surface area (Å²) >= 11 is 3.30. The molecule has 4 nitrogen and oxygen atoms in total. The monoisotopic (exact) mass is 311 g/mol. The van der Waals surface area contributed by atoms with Gasteiger partial charge in [-0.15, -0.1) is 0 Å². The van der Waals surface area contributed by atoms with Gasteiger partial charge in [0.2, 0.25) is 5.91 Å². The van der Waals surface area contributed by atoms with Crippen molar-refractivity contribution in [3.63, 3.8) is 0 Å². The Kier molecular flexibility index (Phi) is 4.99. The average molecular weight is 312 g/mol. The first-order chi connectivity index (χ1) is 8.74. The molecule has 1 amide bonds. The Morgan fingerprint density at radius 3 is 3.06 bits per heavy atom. The van der Waals surface area contributed by atoms with E-state index in [2.05, 4.69) is 32.4 Å². The molecule has 18 heavy (non-hydrogen) atoms. The van der Waals surface area contributed by atoms with Gasteiger partial charge >= 0.3 is 0 Å². The van der Waals surface area contributed by atoms with Gasteiger partial charge < -0.3 is 5.32 Å². The zero-order valence-corrected chi connectivity index (χ0v) is 11.9. The second kappa shape index (κ2) is 6.73. The zero-order valence-electron chi connectivity index (χ0n) is 10.4. The molecule has 0 aliphatic heterocycles. The number of aromatic nitrogens is 2. The molecule has 1 aliphatic carbocycles. The van der Waals surface area contributed by atoms with Crippen molar-refractivity contribution in [3.8, 4) is 0 Å². The van der Waals surface area contributed by atoms with Gasteiger partial charge in [0.05, 0.1) is 10.7 Å². The van der Waals surface area contributed by atoms with Crippen LogP contribution in [0.2, 0.25) is 0 Å². The summed E-state index contributed by atoms with van der Waals surface area (Å²) in [4.78, 5) is 11.7. The highest BCUT2D eigenvalue weighted by molar-refractivity contribution is 9.10. The molecular formula is C13H18BrN3O. The largest absolute Gasteiger partial charge is 0.354 e. The normalized spacial score (nSPS) is 15.3. The fourth-order valence-corrected chi connectivity index (χ4v) is 2.45. The van der Waals surface area contributed by atoms with Crippen molar-refractivity contribution >= 4 is 21.8 Å². The molecule has 1 heterocycles. The molecule has 2 rings (SSSR count). The third kappa shape index (κ3) is 4.29. The number of allylic oxidation sites excluding steroid dienone is 1. The van der Waals surface area contributed by atoms with Crippen LogP contribution in [-0.4, -0.2) is 22.2 Å². The Labute approximate surface area is 116 Å². The summed E-state index contributed by atoms with van der Waals surface area (Å²) in [6.45, 7) is 1.01. The van der Waals surface area contributed by atoms with Crippen LogP contribution in [0, 0.1) is 0 Å². The molecule has 0 aromatic carbocycles. The standard InChI is InChI=1S/C13H18BrN3O/c14-12-8-16-17(9-12)10-13(18)15-7-6-11-4-2-1-3-5-11/h4,8-9H,1-3,5-7,10H2,(H,15,18). The van der Waals surface area contributed by atoms with E-state index in [4.69, 9.17) is 0 Å². The molecule has 0 saturated carbocycles.